The number of allylic oxidation sites excluding steroid dienone is 1. The molecule has 0 aliphatic rings. The van der Waals surface area contributed by atoms with Crippen LogP contribution in [0.2, 0.25) is 0 Å². The molecule has 0 amide bonds. The first-order chi connectivity index (χ1) is 16.0. The highest BCUT2D eigenvalue weighted by Gasteiger charge is 2.03. The lowest BCUT2D eigenvalue weighted by Gasteiger charge is -2.08. The van der Waals surface area contributed by atoms with E-state index in [0.29, 0.717) is 30.2 Å². The molecule has 9 nitrogen and oxygen atoms in total. The number of ether oxygens (including phenoxy) is 5. The maximum absolute atomic E-state index is 8.35. The van der Waals surface area contributed by atoms with E-state index in [2.05, 4.69) is 17.1 Å². The molecule has 0 saturated heterocycles. The number of hydrogen-bond acceptors (Lipinski definition) is 9. The summed E-state index contributed by atoms with van der Waals surface area (Å²) in [7, 11) is 8.00. The van der Waals surface area contributed by atoms with Gasteiger partial charge in [-0.05, 0) is 24.3 Å². The number of hydrogen-bond donors (Lipinski definition) is 1. The molecule has 2 rings (SSSR count). The lowest BCUT2D eigenvalue weighted by atomic mass is 10.2. The van der Waals surface area contributed by atoms with Crippen molar-refractivity contribution in [1.29, 1.82) is 10.5 Å². The molecule has 0 aromatic heterocycles. The highest BCUT2D eigenvalue weighted by molar-refractivity contribution is 5.83. The molecule has 0 radical (unpaired) electrons. The van der Waals surface area contributed by atoms with Crippen LogP contribution in [0.1, 0.15) is 19.4 Å². The number of nitriles is 2. The molecular weight excluding hydrogens is 474 g/mol. The molecule has 0 atom stereocenters. The predicted octanol–water partition coefficient (Wildman–Crippen LogP) is -1.41. The van der Waals surface area contributed by atoms with Crippen LogP contribution in [-0.2, 0) is 0 Å². The summed E-state index contributed by atoms with van der Waals surface area (Å²) in [6.07, 6.45) is 3.26. The first-order valence-electron chi connectivity index (χ1n) is 9.66. The molecule has 2 aromatic carbocycles. The Balaban J connectivity index is -0.000000238. The Morgan fingerprint density at radius 3 is 1.78 bits per heavy atom. The van der Waals surface area contributed by atoms with Crippen molar-refractivity contribution in [3.63, 3.8) is 0 Å². The van der Waals surface area contributed by atoms with Crippen LogP contribution in [-0.4, -0.2) is 48.3 Å². The zero-order valence-corrected chi connectivity index (χ0v) is 20.4. The van der Waals surface area contributed by atoms with Gasteiger partial charge in [-0.25, -0.2) is 0 Å². The predicted molar refractivity (Wildman–Crippen MR) is 134 cm³/mol. The number of nitrogens with zero attached hydrogens (tertiary/aromatic N) is 3. The van der Waals surface area contributed by atoms with Crippen LogP contribution in [0.4, 0.5) is 0 Å². The molecule has 0 fully saturated rings. The first-order valence-corrected chi connectivity index (χ1v) is 9.66. The summed E-state index contributed by atoms with van der Waals surface area (Å²) in [5, 5.41) is 19.8. The third kappa shape index (κ3) is 15.3. The van der Waals surface area contributed by atoms with E-state index >= 15 is 0 Å². The maximum Gasteiger partial charge on any atom is 0.164 e. The van der Waals surface area contributed by atoms with E-state index in [1.807, 2.05) is 24.3 Å². The van der Waals surface area contributed by atoms with E-state index in [1.54, 1.807) is 66.0 Å². The molecule has 36 heavy (non-hydrogen) atoms. The van der Waals surface area contributed by atoms with Gasteiger partial charge in [-0.1, -0.05) is 14.0 Å². The van der Waals surface area contributed by atoms with Crippen molar-refractivity contribution in [1.82, 2.24) is 5.43 Å². The number of nitrogens with one attached hydrogen (secondary N) is 1. The summed E-state index contributed by atoms with van der Waals surface area (Å²) in [5.41, 5.74) is 3.62. The smallest absolute Gasteiger partial charge is 0.164 e. The molecule has 200 valence electrons. The third-order valence-corrected chi connectivity index (χ3v) is 3.77. The molecule has 0 spiro atoms. The molecule has 0 unspecified atom stereocenters. The number of rotatable bonds is 9. The lowest BCUT2D eigenvalue weighted by molar-refractivity contribution is -0.00100. The maximum atomic E-state index is 8.35. The van der Waals surface area contributed by atoms with E-state index in [4.69, 9.17) is 34.2 Å². The van der Waals surface area contributed by atoms with Crippen LogP contribution in [0, 0.1) is 22.7 Å². The van der Waals surface area contributed by atoms with Gasteiger partial charge in [0, 0.05) is 30.3 Å². The Bertz CT molecular complexity index is 960. The van der Waals surface area contributed by atoms with Gasteiger partial charge in [0.25, 0.3) is 0 Å². The Morgan fingerprint density at radius 1 is 0.833 bits per heavy atom. The fraction of sp³-hybridized carbons (Fsp3) is 0.320. The van der Waals surface area contributed by atoms with Gasteiger partial charge in [0.2, 0.25) is 0 Å². The molecule has 2 aromatic rings. The van der Waals surface area contributed by atoms with E-state index in [1.165, 1.54) is 6.08 Å². The van der Waals surface area contributed by atoms with Gasteiger partial charge in [-0.15, -0.1) is 0 Å². The van der Waals surface area contributed by atoms with E-state index in [9.17, 15) is 0 Å². The second-order valence-corrected chi connectivity index (χ2v) is 5.74. The van der Waals surface area contributed by atoms with Crippen molar-refractivity contribution < 1.29 is 33.1 Å². The van der Waals surface area contributed by atoms with Gasteiger partial charge < -0.3 is 38.5 Å². The molecule has 0 saturated carbocycles. The van der Waals surface area contributed by atoms with Crippen LogP contribution in [0.15, 0.2) is 54.2 Å². The molecular formula is C25H34F2N4O5-2. The van der Waals surface area contributed by atoms with Crippen molar-refractivity contribution in [2.45, 2.75) is 13.8 Å². The van der Waals surface area contributed by atoms with Crippen molar-refractivity contribution >= 4 is 6.21 Å². The fourth-order valence-electron chi connectivity index (χ4n) is 2.16. The Labute approximate surface area is 212 Å². The lowest BCUT2D eigenvalue weighted by Crippen LogP contribution is -3.00. The van der Waals surface area contributed by atoms with Crippen LogP contribution >= 0.6 is 0 Å². The van der Waals surface area contributed by atoms with Gasteiger partial charge in [-0.2, -0.15) is 15.6 Å². The average Bonchev–Trinajstić information content (AvgIpc) is 2.88. The van der Waals surface area contributed by atoms with Crippen LogP contribution in [0.25, 0.3) is 0 Å². The van der Waals surface area contributed by atoms with E-state index < -0.39 is 0 Å². The standard InChI is InChI=1S/C12H15N3O2.C9H12O3.C3H3N.CH4.2FH/c1-16-11-5-4-10(12(8-11)17-2)9-15-14-7-3-6-13;1-10-7-4-5-8(11-2)9(6-7)12-3;1-2-3-4;;;/h4-5,8-9,14H,3,7H2,1-2H3;4-6H,1-3H3;2H,1H2;1H4;2*1H/p-2/b15-9-;;;;;. The highest BCUT2D eigenvalue weighted by atomic mass is 19.0. The third-order valence-electron chi connectivity index (χ3n) is 3.77. The Morgan fingerprint density at radius 2 is 1.33 bits per heavy atom. The summed E-state index contributed by atoms with van der Waals surface area (Å²) in [6, 6.07) is 14.6. The minimum Gasteiger partial charge on any atom is -1.00 e. The fourth-order valence-corrected chi connectivity index (χ4v) is 2.16. The normalized spacial score (nSPS) is 8.19. The summed E-state index contributed by atoms with van der Waals surface area (Å²) in [4.78, 5) is 0. The molecule has 1 N–H and O–H groups in total. The van der Waals surface area contributed by atoms with Gasteiger partial charge >= 0.3 is 0 Å². The first kappa shape index (κ1) is 38.7. The number of halogens is 2. The number of methoxy groups -OCH3 is 5. The molecule has 0 heterocycles. The summed E-state index contributed by atoms with van der Waals surface area (Å²) >= 11 is 0. The highest BCUT2D eigenvalue weighted by Crippen LogP contribution is 2.30. The van der Waals surface area contributed by atoms with Gasteiger partial charge in [0.15, 0.2) is 11.5 Å². The van der Waals surface area contributed by atoms with Crippen molar-refractivity contribution in [2.75, 3.05) is 42.1 Å². The zero-order chi connectivity index (χ0) is 24.9. The monoisotopic (exact) mass is 508 g/mol. The summed E-state index contributed by atoms with van der Waals surface area (Å²) < 4.78 is 25.5. The minimum absolute atomic E-state index is 0. The Kier molecular flexibility index (Phi) is 27.0. The molecule has 11 heteroatoms. The van der Waals surface area contributed by atoms with E-state index in [0.717, 1.165) is 17.1 Å². The second-order valence-electron chi connectivity index (χ2n) is 5.74. The Hall–Kier alpha value is -4.51. The molecule has 0 aliphatic carbocycles. The van der Waals surface area contributed by atoms with Crippen LogP contribution in [0.3, 0.4) is 0 Å². The number of hydrazone groups is 1. The van der Waals surface area contributed by atoms with Crippen molar-refractivity contribution in [3.05, 3.63) is 54.6 Å². The second kappa shape index (κ2) is 25.1. The van der Waals surface area contributed by atoms with Crippen molar-refractivity contribution in [2.24, 2.45) is 5.10 Å². The zero-order valence-electron chi connectivity index (χ0n) is 20.4. The van der Waals surface area contributed by atoms with Crippen LogP contribution < -0.4 is 38.5 Å². The minimum atomic E-state index is 0. The van der Waals surface area contributed by atoms with Gasteiger partial charge in [0.05, 0.1) is 60.3 Å². The number of benzene rings is 2. The van der Waals surface area contributed by atoms with Crippen LogP contribution in [0.5, 0.6) is 28.7 Å². The molecule has 0 aliphatic heterocycles. The molecule has 0 bridgehead atoms. The largest absolute Gasteiger partial charge is 1.00 e. The summed E-state index contributed by atoms with van der Waals surface area (Å²) in [6.45, 7) is 3.65. The topological polar surface area (TPSA) is 118 Å². The average molecular weight is 509 g/mol. The van der Waals surface area contributed by atoms with E-state index in [-0.39, 0.29) is 16.8 Å². The SMILES string of the molecule is C.C=CC#N.COc1ccc(/C=N\NCCC#N)c(OC)c1.COc1ccc(OC)c(OC)c1.[F-].[F-]. The summed E-state index contributed by atoms with van der Waals surface area (Å²) in [5.74, 6) is 3.56. The van der Waals surface area contributed by atoms with Gasteiger partial charge in [-0.3, -0.25) is 0 Å². The quantitative estimate of drug-likeness (QED) is 0.190. The van der Waals surface area contributed by atoms with Crippen molar-refractivity contribution in [3.8, 4) is 40.9 Å². The van der Waals surface area contributed by atoms with Gasteiger partial charge in [0.1, 0.15) is 17.2 Å².